The number of aromatic nitrogens is 2. The van der Waals surface area contributed by atoms with Crippen molar-refractivity contribution in [3.63, 3.8) is 0 Å². The maximum absolute atomic E-state index is 12.7. The van der Waals surface area contributed by atoms with Gasteiger partial charge in [0.15, 0.2) is 0 Å². The lowest BCUT2D eigenvalue weighted by Gasteiger charge is -2.28. The molecule has 122 valence electrons. The molecule has 0 radical (unpaired) electrons. The topological polar surface area (TPSA) is 96.0 Å². The van der Waals surface area contributed by atoms with Gasteiger partial charge in [-0.25, -0.2) is 14.8 Å². The summed E-state index contributed by atoms with van der Waals surface area (Å²) in [5.41, 5.74) is 1.59. The molecule has 1 aromatic heterocycles. The molecule has 2 aromatic rings. The van der Waals surface area contributed by atoms with Crippen LogP contribution in [0.5, 0.6) is 0 Å². The maximum Gasteiger partial charge on any atom is 0.319 e. The summed E-state index contributed by atoms with van der Waals surface area (Å²) in [6.07, 6.45) is 3.06. The van der Waals surface area contributed by atoms with E-state index in [1.165, 1.54) is 12.4 Å². The molecule has 3 rings (SSSR count). The second kappa shape index (κ2) is 6.67. The number of halogens is 1. The minimum absolute atomic E-state index is 0.189. The van der Waals surface area contributed by atoms with Crippen LogP contribution in [0.1, 0.15) is 18.5 Å². The molecule has 1 atom stereocenters. The summed E-state index contributed by atoms with van der Waals surface area (Å²) in [6.45, 7) is 1.67. The number of nitrogens with zero attached hydrogens (tertiary/aromatic N) is 2. The quantitative estimate of drug-likeness (QED) is 0.797. The molecule has 0 fully saturated rings. The van der Waals surface area contributed by atoms with E-state index >= 15 is 0 Å². The van der Waals surface area contributed by atoms with Crippen LogP contribution in [0.2, 0.25) is 5.02 Å². The van der Waals surface area contributed by atoms with Crippen molar-refractivity contribution in [3.05, 3.63) is 64.6 Å². The van der Waals surface area contributed by atoms with Gasteiger partial charge in [-0.3, -0.25) is 10.1 Å². The van der Waals surface area contributed by atoms with Crippen LogP contribution < -0.4 is 16.0 Å². The van der Waals surface area contributed by atoms with Crippen molar-refractivity contribution in [3.8, 4) is 0 Å². The lowest BCUT2D eigenvalue weighted by molar-refractivity contribution is -0.113. The van der Waals surface area contributed by atoms with E-state index in [1.54, 1.807) is 37.3 Å². The normalized spacial score (nSPS) is 17.1. The van der Waals surface area contributed by atoms with Gasteiger partial charge in [-0.15, -0.1) is 0 Å². The summed E-state index contributed by atoms with van der Waals surface area (Å²) in [4.78, 5) is 32.4. The van der Waals surface area contributed by atoms with Gasteiger partial charge in [0, 0.05) is 23.1 Å². The summed E-state index contributed by atoms with van der Waals surface area (Å²) >= 11 is 5.91. The fourth-order valence-corrected chi connectivity index (χ4v) is 2.56. The average molecular weight is 344 g/mol. The van der Waals surface area contributed by atoms with Gasteiger partial charge in [-0.2, -0.15) is 0 Å². The standard InChI is InChI=1S/C16H14ClN5O2/c1-9-12(14(23)22-15-18-7-2-8-19-15)13(21-16(24)20-9)10-3-5-11(17)6-4-10/h2-8,13H,1H3,(H2,20,21,24)(H,18,19,22,23). The monoisotopic (exact) mass is 343 g/mol. The predicted octanol–water partition coefficient (Wildman–Crippen LogP) is 2.40. The Morgan fingerprint density at radius 1 is 1.21 bits per heavy atom. The van der Waals surface area contributed by atoms with Crippen LogP contribution in [0.3, 0.4) is 0 Å². The molecule has 1 aliphatic rings. The van der Waals surface area contributed by atoms with Crippen molar-refractivity contribution in [1.82, 2.24) is 20.6 Å². The number of hydrogen-bond acceptors (Lipinski definition) is 4. The number of allylic oxidation sites excluding steroid dienone is 1. The summed E-state index contributed by atoms with van der Waals surface area (Å²) < 4.78 is 0. The Kier molecular flexibility index (Phi) is 4.43. The van der Waals surface area contributed by atoms with E-state index in [-0.39, 0.29) is 12.0 Å². The first kappa shape index (κ1) is 15.9. The van der Waals surface area contributed by atoms with Gasteiger partial charge in [0.25, 0.3) is 5.91 Å². The molecule has 1 aromatic carbocycles. The second-order valence-corrected chi connectivity index (χ2v) is 5.58. The smallest absolute Gasteiger partial charge is 0.319 e. The fourth-order valence-electron chi connectivity index (χ4n) is 2.43. The molecule has 24 heavy (non-hydrogen) atoms. The van der Waals surface area contributed by atoms with Gasteiger partial charge in [0.2, 0.25) is 5.95 Å². The first-order valence-corrected chi connectivity index (χ1v) is 7.54. The number of benzene rings is 1. The second-order valence-electron chi connectivity index (χ2n) is 5.15. The van der Waals surface area contributed by atoms with Gasteiger partial charge in [-0.05, 0) is 30.7 Å². The van der Waals surface area contributed by atoms with Crippen molar-refractivity contribution in [2.45, 2.75) is 13.0 Å². The Bertz CT molecular complexity index is 805. The highest BCUT2D eigenvalue weighted by Gasteiger charge is 2.31. The van der Waals surface area contributed by atoms with Crippen molar-refractivity contribution < 1.29 is 9.59 Å². The molecule has 8 heteroatoms. The highest BCUT2D eigenvalue weighted by atomic mass is 35.5. The van der Waals surface area contributed by atoms with Crippen molar-refractivity contribution in [2.75, 3.05) is 5.32 Å². The van der Waals surface area contributed by atoms with Gasteiger partial charge in [0.05, 0.1) is 11.6 Å². The molecule has 0 spiro atoms. The molecule has 1 unspecified atom stereocenters. The van der Waals surface area contributed by atoms with Crippen LogP contribution in [0.25, 0.3) is 0 Å². The number of hydrogen-bond donors (Lipinski definition) is 3. The number of amides is 3. The van der Waals surface area contributed by atoms with Gasteiger partial charge in [-0.1, -0.05) is 23.7 Å². The highest BCUT2D eigenvalue weighted by molar-refractivity contribution is 6.30. The van der Waals surface area contributed by atoms with Gasteiger partial charge >= 0.3 is 6.03 Å². The predicted molar refractivity (Wildman–Crippen MR) is 89.2 cm³/mol. The Hall–Kier alpha value is -2.93. The zero-order valence-corrected chi connectivity index (χ0v) is 13.5. The number of urea groups is 1. The zero-order valence-electron chi connectivity index (χ0n) is 12.7. The van der Waals surface area contributed by atoms with E-state index in [9.17, 15) is 9.59 Å². The largest absolute Gasteiger partial charge is 0.327 e. The molecular weight excluding hydrogens is 330 g/mol. The van der Waals surface area contributed by atoms with Crippen LogP contribution in [-0.2, 0) is 4.79 Å². The molecule has 3 amide bonds. The zero-order chi connectivity index (χ0) is 17.1. The van der Waals surface area contributed by atoms with Crippen molar-refractivity contribution >= 4 is 29.5 Å². The highest BCUT2D eigenvalue weighted by Crippen LogP contribution is 2.28. The lowest BCUT2D eigenvalue weighted by atomic mass is 9.95. The van der Waals surface area contributed by atoms with Crippen LogP contribution in [0.15, 0.2) is 54.0 Å². The van der Waals surface area contributed by atoms with E-state index < -0.39 is 11.9 Å². The first-order chi connectivity index (χ1) is 11.5. The van der Waals surface area contributed by atoms with Crippen LogP contribution in [0, 0.1) is 0 Å². The van der Waals surface area contributed by atoms with Gasteiger partial charge in [0.1, 0.15) is 0 Å². The number of nitrogens with one attached hydrogen (secondary N) is 3. The Morgan fingerprint density at radius 2 is 1.88 bits per heavy atom. The van der Waals surface area contributed by atoms with E-state index in [0.29, 0.717) is 16.3 Å². The fraction of sp³-hybridized carbons (Fsp3) is 0.125. The minimum atomic E-state index is -0.597. The van der Waals surface area contributed by atoms with Crippen LogP contribution in [0.4, 0.5) is 10.7 Å². The third-order valence-electron chi connectivity index (χ3n) is 3.51. The first-order valence-electron chi connectivity index (χ1n) is 7.16. The van der Waals surface area contributed by atoms with Crippen molar-refractivity contribution in [1.29, 1.82) is 0 Å². The summed E-state index contributed by atoms with van der Waals surface area (Å²) in [5, 5.41) is 8.56. The average Bonchev–Trinajstić information content (AvgIpc) is 2.55. The molecule has 0 saturated carbocycles. The number of rotatable bonds is 3. The molecule has 0 saturated heterocycles. The Morgan fingerprint density at radius 3 is 2.54 bits per heavy atom. The van der Waals surface area contributed by atoms with E-state index in [4.69, 9.17) is 11.6 Å². The Labute approximate surface area is 143 Å². The Balaban J connectivity index is 1.94. The molecule has 1 aliphatic heterocycles. The molecule has 0 bridgehead atoms. The minimum Gasteiger partial charge on any atom is -0.327 e. The summed E-state index contributed by atoms with van der Waals surface area (Å²) in [6, 6.07) is 7.61. The van der Waals surface area contributed by atoms with Crippen LogP contribution in [-0.4, -0.2) is 21.9 Å². The number of carbonyl (C=O) groups is 2. The van der Waals surface area contributed by atoms with E-state index in [0.717, 1.165) is 5.56 Å². The molecule has 2 heterocycles. The molecule has 3 N–H and O–H groups in total. The number of carbonyl (C=O) groups excluding carboxylic acids is 2. The summed E-state index contributed by atoms with van der Waals surface area (Å²) in [7, 11) is 0. The summed E-state index contributed by atoms with van der Waals surface area (Å²) in [5.74, 6) is -0.208. The van der Waals surface area contributed by atoms with E-state index in [1.807, 2.05) is 0 Å². The van der Waals surface area contributed by atoms with E-state index in [2.05, 4.69) is 25.9 Å². The third kappa shape index (κ3) is 3.36. The maximum atomic E-state index is 12.7. The van der Waals surface area contributed by atoms with Crippen molar-refractivity contribution in [2.24, 2.45) is 0 Å². The lowest BCUT2D eigenvalue weighted by Crippen LogP contribution is -2.46. The molecule has 0 aliphatic carbocycles. The number of anilines is 1. The van der Waals surface area contributed by atoms with Crippen LogP contribution >= 0.6 is 11.6 Å². The van der Waals surface area contributed by atoms with Gasteiger partial charge < -0.3 is 10.6 Å². The third-order valence-corrected chi connectivity index (χ3v) is 3.76. The SMILES string of the molecule is CC1=C(C(=O)Nc2ncccn2)C(c2ccc(Cl)cc2)NC(=O)N1. The molecular formula is C16H14ClN5O2. The molecule has 7 nitrogen and oxygen atoms in total.